The molecule has 0 fully saturated rings. The molecule has 1 aromatic heterocycles. The SMILES string of the molecule is CC.[CH2-]c1nc(Cl)cc2c1CNC2=O.[Y]. The van der Waals surface area contributed by atoms with Gasteiger partial charge in [0.05, 0.1) is 0 Å². The molecular formula is C10H12ClN2OY-. The van der Waals surface area contributed by atoms with E-state index in [0.29, 0.717) is 23.0 Å². The van der Waals surface area contributed by atoms with Crippen LogP contribution in [0.4, 0.5) is 0 Å². The number of pyridine rings is 1. The van der Waals surface area contributed by atoms with E-state index in [1.807, 2.05) is 13.8 Å². The molecule has 0 saturated heterocycles. The summed E-state index contributed by atoms with van der Waals surface area (Å²) in [7, 11) is 0. The van der Waals surface area contributed by atoms with Crippen molar-refractivity contribution < 1.29 is 37.5 Å². The predicted octanol–water partition coefficient (Wildman–Crippen LogP) is 2.18. The molecule has 2 heterocycles. The quantitative estimate of drug-likeness (QED) is 0.589. The summed E-state index contributed by atoms with van der Waals surface area (Å²) in [6, 6.07) is 1.56. The summed E-state index contributed by atoms with van der Waals surface area (Å²) in [6.45, 7) is 8.21. The van der Waals surface area contributed by atoms with Crippen LogP contribution in [0.1, 0.15) is 35.5 Å². The van der Waals surface area contributed by atoms with Gasteiger partial charge in [-0.2, -0.15) is 0 Å². The van der Waals surface area contributed by atoms with Crippen LogP contribution in [0, 0.1) is 6.92 Å². The van der Waals surface area contributed by atoms with Gasteiger partial charge in [-0.15, -0.1) is 5.56 Å². The van der Waals surface area contributed by atoms with Gasteiger partial charge >= 0.3 is 0 Å². The van der Waals surface area contributed by atoms with Crippen molar-refractivity contribution in [2.24, 2.45) is 0 Å². The second-order valence-electron chi connectivity index (χ2n) is 2.60. The topological polar surface area (TPSA) is 42.0 Å². The Kier molecular flexibility index (Phi) is 6.41. The first kappa shape index (κ1) is 14.9. The third kappa shape index (κ3) is 3.17. The largest absolute Gasteiger partial charge is 0.366 e. The van der Waals surface area contributed by atoms with Gasteiger partial charge in [0, 0.05) is 32.7 Å². The van der Waals surface area contributed by atoms with Crippen molar-refractivity contribution in [2.45, 2.75) is 20.4 Å². The Morgan fingerprint density at radius 1 is 1.53 bits per heavy atom. The van der Waals surface area contributed by atoms with Crippen molar-refractivity contribution in [1.82, 2.24) is 10.3 Å². The molecule has 0 aromatic carbocycles. The number of hydrogen-bond donors (Lipinski definition) is 1. The Morgan fingerprint density at radius 2 is 2.13 bits per heavy atom. The minimum Gasteiger partial charge on any atom is -0.366 e. The van der Waals surface area contributed by atoms with Crippen LogP contribution in [0.5, 0.6) is 0 Å². The van der Waals surface area contributed by atoms with Crippen LogP contribution in [-0.4, -0.2) is 10.9 Å². The van der Waals surface area contributed by atoms with Gasteiger partial charge in [0.25, 0.3) is 0 Å². The fourth-order valence-corrected chi connectivity index (χ4v) is 1.47. The van der Waals surface area contributed by atoms with Gasteiger partial charge < -0.3 is 5.32 Å². The zero-order chi connectivity index (χ0) is 10.7. The van der Waals surface area contributed by atoms with Crippen molar-refractivity contribution in [3.05, 3.63) is 35.0 Å². The Labute approximate surface area is 120 Å². The summed E-state index contributed by atoms with van der Waals surface area (Å²) in [6.07, 6.45) is 0. The van der Waals surface area contributed by atoms with E-state index < -0.39 is 0 Å². The number of nitrogens with one attached hydrogen (secondary N) is 1. The van der Waals surface area contributed by atoms with Crippen molar-refractivity contribution >= 4 is 17.5 Å². The van der Waals surface area contributed by atoms with Crippen LogP contribution in [0.3, 0.4) is 0 Å². The van der Waals surface area contributed by atoms with E-state index in [1.54, 1.807) is 6.07 Å². The number of nitrogens with zero attached hydrogens (tertiary/aromatic N) is 1. The Morgan fingerprint density at radius 3 is 2.73 bits per heavy atom. The maximum atomic E-state index is 11.1. The van der Waals surface area contributed by atoms with Crippen molar-refractivity contribution in [1.29, 1.82) is 0 Å². The maximum Gasteiger partial charge on any atom is 0.232 e. The standard InChI is InChI=1S/C8H6ClN2O.C2H6.Y/c1-4-6-3-10-8(12)5(6)2-7(9)11-4;1-2;/h2H,1,3H2,(H,10,12);1-2H3;/q-1;;. The molecule has 0 saturated carbocycles. The van der Waals surface area contributed by atoms with Gasteiger partial charge in [0.1, 0.15) is 5.15 Å². The molecule has 1 aliphatic heterocycles. The van der Waals surface area contributed by atoms with E-state index >= 15 is 0 Å². The number of hydrogen-bond acceptors (Lipinski definition) is 2. The monoisotopic (exact) mass is 300 g/mol. The van der Waals surface area contributed by atoms with Crippen LogP contribution < -0.4 is 5.32 Å². The van der Waals surface area contributed by atoms with Crippen LogP contribution >= 0.6 is 11.6 Å². The molecule has 79 valence electrons. The fourth-order valence-electron chi connectivity index (χ4n) is 1.25. The molecular weight excluding hydrogens is 288 g/mol. The zero-order valence-electron chi connectivity index (χ0n) is 8.80. The first-order chi connectivity index (χ1) is 6.68. The first-order valence-corrected chi connectivity index (χ1v) is 4.86. The minimum absolute atomic E-state index is 0. The molecule has 5 heteroatoms. The normalized spacial score (nSPS) is 11.8. The average molecular weight is 301 g/mol. The van der Waals surface area contributed by atoms with E-state index in [1.165, 1.54) is 0 Å². The van der Waals surface area contributed by atoms with E-state index in [-0.39, 0.29) is 38.6 Å². The van der Waals surface area contributed by atoms with Crippen LogP contribution in [-0.2, 0) is 39.3 Å². The zero-order valence-corrected chi connectivity index (χ0v) is 12.4. The van der Waals surface area contributed by atoms with E-state index in [4.69, 9.17) is 11.6 Å². The number of rotatable bonds is 0. The van der Waals surface area contributed by atoms with Gasteiger partial charge in [0.2, 0.25) is 5.91 Å². The number of aromatic nitrogens is 1. The molecule has 1 radical (unpaired) electrons. The van der Waals surface area contributed by atoms with E-state index in [9.17, 15) is 4.79 Å². The fraction of sp³-hybridized carbons (Fsp3) is 0.300. The third-order valence-corrected chi connectivity index (χ3v) is 2.04. The van der Waals surface area contributed by atoms with Crippen LogP contribution in [0.25, 0.3) is 0 Å². The minimum atomic E-state index is -0.0980. The van der Waals surface area contributed by atoms with Crippen LogP contribution in [0.2, 0.25) is 5.15 Å². The first-order valence-electron chi connectivity index (χ1n) is 4.48. The van der Waals surface area contributed by atoms with Gasteiger partial charge in [-0.25, -0.2) is 6.92 Å². The number of amides is 1. The molecule has 15 heavy (non-hydrogen) atoms. The summed E-state index contributed by atoms with van der Waals surface area (Å²) in [4.78, 5) is 15.1. The maximum absolute atomic E-state index is 11.1. The molecule has 0 spiro atoms. The molecule has 0 bridgehead atoms. The van der Waals surface area contributed by atoms with E-state index in [0.717, 1.165) is 5.56 Å². The van der Waals surface area contributed by atoms with Crippen molar-refractivity contribution in [2.75, 3.05) is 0 Å². The molecule has 1 aromatic rings. The van der Waals surface area contributed by atoms with Gasteiger partial charge in [0.15, 0.2) is 0 Å². The number of carbonyl (C=O) groups is 1. The smallest absolute Gasteiger partial charge is 0.232 e. The molecule has 1 aliphatic rings. The summed E-state index contributed by atoms with van der Waals surface area (Å²) in [5.74, 6) is -0.0980. The van der Waals surface area contributed by atoms with Gasteiger partial charge in [-0.3, -0.25) is 9.78 Å². The van der Waals surface area contributed by atoms with Crippen molar-refractivity contribution in [3.8, 4) is 0 Å². The predicted molar refractivity (Wildman–Crippen MR) is 56.2 cm³/mol. The van der Waals surface area contributed by atoms with Crippen molar-refractivity contribution in [3.63, 3.8) is 0 Å². The molecule has 2 rings (SSSR count). The summed E-state index contributed by atoms with van der Waals surface area (Å²) in [5.41, 5.74) is 2.03. The molecule has 3 nitrogen and oxygen atoms in total. The number of fused-ring (bicyclic) bond motifs is 1. The second kappa shape index (κ2) is 6.46. The van der Waals surface area contributed by atoms with Gasteiger partial charge in [-0.05, 0) is 18.2 Å². The average Bonchev–Trinajstić information content (AvgIpc) is 2.52. The summed E-state index contributed by atoms with van der Waals surface area (Å²) in [5, 5.41) is 2.99. The number of carbonyl (C=O) groups excluding carboxylic acids is 1. The Hall–Kier alpha value is -0.116. The number of halogens is 1. The third-order valence-electron chi connectivity index (χ3n) is 1.85. The summed E-state index contributed by atoms with van der Waals surface area (Å²) < 4.78 is 0. The molecule has 1 amide bonds. The second-order valence-corrected chi connectivity index (χ2v) is 2.99. The molecule has 0 aliphatic carbocycles. The van der Waals surface area contributed by atoms with E-state index in [2.05, 4.69) is 17.2 Å². The molecule has 0 unspecified atom stereocenters. The molecule has 1 N–H and O–H groups in total. The molecule has 0 atom stereocenters. The summed E-state index contributed by atoms with van der Waals surface area (Å²) >= 11 is 5.66. The Bertz CT molecular complexity index is 369. The van der Waals surface area contributed by atoms with Gasteiger partial charge in [-0.1, -0.05) is 31.1 Å². The Balaban J connectivity index is 0.000000617. The van der Waals surface area contributed by atoms with Crippen LogP contribution in [0.15, 0.2) is 6.07 Å².